The maximum atomic E-state index is 12.1. The van der Waals surface area contributed by atoms with Crippen LogP contribution in [0.5, 0.6) is 0 Å². The van der Waals surface area contributed by atoms with Gasteiger partial charge in [-0.15, -0.1) is 0 Å². The number of fused-ring (bicyclic) bond motifs is 1. The average Bonchev–Trinajstić information content (AvgIpc) is 2.88. The van der Waals surface area contributed by atoms with Gasteiger partial charge < -0.3 is 10.6 Å². The number of nitrogens with zero attached hydrogens (tertiary/aromatic N) is 1. The first kappa shape index (κ1) is 14.0. The summed E-state index contributed by atoms with van der Waals surface area (Å²) in [5, 5.41) is 12.9. The van der Waals surface area contributed by atoms with E-state index in [2.05, 4.69) is 20.8 Å². The van der Waals surface area contributed by atoms with Crippen LogP contribution in [0, 0.1) is 0 Å². The minimum absolute atomic E-state index is 0.194. The molecule has 106 valence electrons. The number of rotatable bonds is 5. The second kappa shape index (κ2) is 6.18. The van der Waals surface area contributed by atoms with Crippen LogP contribution in [0.1, 0.15) is 30.8 Å². The summed E-state index contributed by atoms with van der Waals surface area (Å²) in [6.45, 7) is 4.22. The number of para-hydroxylation sites is 1. The van der Waals surface area contributed by atoms with Gasteiger partial charge in [0.25, 0.3) is 5.91 Å². The molecule has 1 aromatic heterocycles. The van der Waals surface area contributed by atoms with Crippen molar-refractivity contribution in [2.45, 2.75) is 26.3 Å². The van der Waals surface area contributed by atoms with Gasteiger partial charge in [0.15, 0.2) is 5.69 Å². The van der Waals surface area contributed by atoms with Crippen molar-refractivity contribution in [2.75, 3.05) is 6.54 Å². The number of carbonyl (C=O) groups is 2. The zero-order chi connectivity index (χ0) is 14.5. The molecule has 1 atom stereocenters. The molecule has 2 rings (SSSR count). The number of hydrogen-bond donors (Lipinski definition) is 3. The number of nitrogens with one attached hydrogen (secondary N) is 3. The Morgan fingerprint density at radius 2 is 2.10 bits per heavy atom. The largest absolute Gasteiger partial charge is 0.354 e. The predicted molar refractivity (Wildman–Crippen MR) is 76.3 cm³/mol. The Morgan fingerprint density at radius 1 is 1.35 bits per heavy atom. The lowest BCUT2D eigenvalue weighted by atomic mass is 10.2. The van der Waals surface area contributed by atoms with E-state index in [1.807, 2.05) is 31.2 Å². The van der Waals surface area contributed by atoms with E-state index in [-0.39, 0.29) is 11.8 Å². The fourth-order valence-corrected chi connectivity index (χ4v) is 1.87. The van der Waals surface area contributed by atoms with Gasteiger partial charge in [-0.05, 0) is 19.4 Å². The zero-order valence-corrected chi connectivity index (χ0v) is 11.6. The molecule has 0 radical (unpaired) electrons. The van der Waals surface area contributed by atoms with Gasteiger partial charge in [0, 0.05) is 11.9 Å². The van der Waals surface area contributed by atoms with Crippen molar-refractivity contribution in [1.29, 1.82) is 0 Å². The summed E-state index contributed by atoms with van der Waals surface area (Å²) in [7, 11) is 0. The highest BCUT2D eigenvalue weighted by Gasteiger charge is 2.19. The average molecular weight is 274 g/mol. The quantitative estimate of drug-likeness (QED) is 0.766. The second-order valence-corrected chi connectivity index (χ2v) is 4.60. The third-order valence-corrected chi connectivity index (χ3v) is 2.98. The highest BCUT2D eigenvalue weighted by atomic mass is 16.2. The molecule has 0 fully saturated rings. The van der Waals surface area contributed by atoms with Crippen LogP contribution >= 0.6 is 0 Å². The summed E-state index contributed by atoms with van der Waals surface area (Å²) in [6.07, 6.45) is 0.858. The Kier molecular flexibility index (Phi) is 4.34. The Morgan fingerprint density at radius 3 is 2.85 bits per heavy atom. The molecule has 0 aliphatic heterocycles. The van der Waals surface area contributed by atoms with Crippen LogP contribution in [0.15, 0.2) is 24.3 Å². The molecule has 0 bridgehead atoms. The minimum atomic E-state index is -0.593. The van der Waals surface area contributed by atoms with E-state index in [1.54, 1.807) is 6.92 Å². The molecule has 6 nitrogen and oxygen atoms in total. The SMILES string of the molecule is CCCNC(=O)C(C)NC(=O)c1n[nH]c2ccccc12. The number of amides is 2. The molecule has 0 spiro atoms. The normalized spacial score (nSPS) is 12.1. The Balaban J connectivity index is 2.06. The maximum absolute atomic E-state index is 12.1. The lowest BCUT2D eigenvalue weighted by Gasteiger charge is -2.12. The van der Waals surface area contributed by atoms with Crippen LogP contribution in [0.3, 0.4) is 0 Å². The Bertz CT molecular complexity index is 620. The van der Waals surface area contributed by atoms with Crippen molar-refractivity contribution >= 4 is 22.7 Å². The molecule has 1 aromatic carbocycles. The Labute approximate surface area is 116 Å². The van der Waals surface area contributed by atoms with Crippen molar-refractivity contribution in [3.05, 3.63) is 30.0 Å². The third-order valence-electron chi connectivity index (χ3n) is 2.98. The van der Waals surface area contributed by atoms with E-state index in [0.29, 0.717) is 12.2 Å². The third kappa shape index (κ3) is 2.96. The molecule has 0 aliphatic rings. The maximum Gasteiger partial charge on any atom is 0.273 e. The van der Waals surface area contributed by atoms with E-state index >= 15 is 0 Å². The molecule has 20 heavy (non-hydrogen) atoms. The van der Waals surface area contributed by atoms with Gasteiger partial charge in [-0.1, -0.05) is 25.1 Å². The summed E-state index contributed by atoms with van der Waals surface area (Å²) in [5.74, 6) is -0.554. The van der Waals surface area contributed by atoms with Crippen LogP contribution in [-0.4, -0.2) is 34.6 Å². The zero-order valence-electron chi connectivity index (χ0n) is 11.6. The number of H-pyrrole nitrogens is 1. The van der Waals surface area contributed by atoms with Crippen LogP contribution < -0.4 is 10.6 Å². The fourth-order valence-electron chi connectivity index (χ4n) is 1.87. The van der Waals surface area contributed by atoms with Crippen LogP contribution in [0.4, 0.5) is 0 Å². The molecule has 0 aliphatic carbocycles. The number of aromatic nitrogens is 2. The molecule has 6 heteroatoms. The smallest absolute Gasteiger partial charge is 0.273 e. The van der Waals surface area contributed by atoms with Gasteiger partial charge in [-0.2, -0.15) is 5.10 Å². The molecule has 0 saturated heterocycles. The molecule has 3 N–H and O–H groups in total. The number of hydrogen-bond acceptors (Lipinski definition) is 3. The lowest BCUT2D eigenvalue weighted by molar-refractivity contribution is -0.122. The van der Waals surface area contributed by atoms with Crippen LogP contribution in [0.25, 0.3) is 10.9 Å². The van der Waals surface area contributed by atoms with E-state index in [1.165, 1.54) is 0 Å². The summed E-state index contributed by atoms with van der Waals surface area (Å²) in [5.41, 5.74) is 1.09. The van der Waals surface area contributed by atoms with E-state index in [4.69, 9.17) is 0 Å². The molecule has 0 saturated carbocycles. The molecular weight excluding hydrogens is 256 g/mol. The van der Waals surface area contributed by atoms with Crippen molar-refractivity contribution < 1.29 is 9.59 Å². The Hall–Kier alpha value is -2.37. The van der Waals surface area contributed by atoms with E-state index in [9.17, 15) is 9.59 Å². The number of aromatic amines is 1. The molecular formula is C14H18N4O2. The fraction of sp³-hybridized carbons (Fsp3) is 0.357. The predicted octanol–water partition coefficient (Wildman–Crippen LogP) is 1.21. The first-order chi connectivity index (χ1) is 9.63. The topological polar surface area (TPSA) is 86.9 Å². The number of benzene rings is 1. The highest BCUT2D eigenvalue weighted by molar-refractivity contribution is 6.05. The van der Waals surface area contributed by atoms with Gasteiger partial charge in [0.05, 0.1) is 5.52 Å². The second-order valence-electron chi connectivity index (χ2n) is 4.60. The van der Waals surface area contributed by atoms with Crippen molar-refractivity contribution in [2.24, 2.45) is 0 Å². The molecule has 1 heterocycles. The molecule has 2 aromatic rings. The molecule has 1 unspecified atom stereocenters. The minimum Gasteiger partial charge on any atom is -0.354 e. The first-order valence-corrected chi connectivity index (χ1v) is 6.65. The van der Waals surface area contributed by atoms with Gasteiger partial charge in [-0.25, -0.2) is 0 Å². The van der Waals surface area contributed by atoms with Gasteiger partial charge in [-0.3, -0.25) is 14.7 Å². The monoisotopic (exact) mass is 274 g/mol. The van der Waals surface area contributed by atoms with Crippen molar-refractivity contribution in [3.63, 3.8) is 0 Å². The van der Waals surface area contributed by atoms with Crippen LogP contribution in [0.2, 0.25) is 0 Å². The molecule has 2 amide bonds. The first-order valence-electron chi connectivity index (χ1n) is 6.65. The van der Waals surface area contributed by atoms with Gasteiger partial charge >= 0.3 is 0 Å². The summed E-state index contributed by atoms with van der Waals surface area (Å²) in [6, 6.07) is 6.77. The van der Waals surface area contributed by atoms with Gasteiger partial charge in [0.1, 0.15) is 6.04 Å². The van der Waals surface area contributed by atoms with Crippen molar-refractivity contribution in [1.82, 2.24) is 20.8 Å². The lowest BCUT2D eigenvalue weighted by Crippen LogP contribution is -2.45. The highest BCUT2D eigenvalue weighted by Crippen LogP contribution is 2.14. The summed E-state index contributed by atoms with van der Waals surface area (Å²) >= 11 is 0. The van der Waals surface area contributed by atoms with Crippen LogP contribution in [-0.2, 0) is 4.79 Å². The van der Waals surface area contributed by atoms with E-state index < -0.39 is 6.04 Å². The summed E-state index contributed by atoms with van der Waals surface area (Å²) in [4.78, 5) is 23.9. The van der Waals surface area contributed by atoms with E-state index in [0.717, 1.165) is 17.3 Å². The number of carbonyl (C=O) groups excluding carboxylic acids is 2. The van der Waals surface area contributed by atoms with Crippen molar-refractivity contribution in [3.8, 4) is 0 Å². The summed E-state index contributed by atoms with van der Waals surface area (Å²) < 4.78 is 0. The van der Waals surface area contributed by atoms with Gasteiger partial charge in [0.2, 0.25) is 5.91 Å². The standard InChI is InChI=1S/C14H18N4O2/c1-3-8-15-13(19)9(2)16-14(20)12-10-6-4-5-7-11(10)17-18-12/h4-7,9H,3,8H2,1-2H3,(H,15,19)(H,16,20)(H,17,18).